The first kappa shape index (κ1) is 49.0. The summed E-state index contributed by atoms with van der Waals surface area (Å²) in [5.74, 6) is 2.17. The van der Waals surface area contributed by atoms with Crippen LogP contribution in [0.3, 0.4) is 0 Å². The summed E-state index contributed by atoms with van der Waals surface area (Å²) in [7, 11) is 0. The van der Waals surface area contributed by atoms with Crippen LogP contribution in [0.15, 0.2) is 0 Å². The first-order chi connectivity index (χ1) is 26.6. The molecule has 4 unspecified atom stereocenters. The number of nitrogens with one attached hydrogen (secondary N) is 2. The van der Waals surface area contributed by atoms with Crippen molar-refractivity contribution in [3.05, 3.63) is 0 Å². The largest absolute Gasteiger partial charge is 0.373 e. The molecule has 4 atom stereocenters. The van der Waals surface area contributed by atoms with Crippen LogP contribution in [0, 0.1) is 11.8 Å². The molecular formula is C48H92N2O4. The number of hydrogen-bond donors (Lipinski definition) is 2. The van der Waals surface area contributed by atoms with Crippen molar-refractivity contribution < 1.29 is 19.1 Å². The van der Waals surface area contributed by atoms with E-state index >= 15 is 0 Å². The number of rotatable bonds is 43. The van der Waals surface area contributed by atoms with Gasteiger partial charge in [-0.25, -0.2) is 0 Å². The van der Waals surface area contributed by atoms with Crippen LogP contribution in [0.1, 0.15) is 245 Å². The van der Waals surface area contributed by atoms with E-state index in [4.69, 9.17) is 9.47 Å². The molecule has 0 bridgehead atoms. The van der Waals surface area contributed by atoms with Gasteiger partial charge in [-0.15, -0.1) is 0 Å². The molecule has 0 radical (unpaired) electrons. The Labute approximate surface area is 336 Å². The summed E-state index contributed by atoms with van der Waals surface area (Å²) < 4.78 is 11.1. The number of unbranched alkanes of at least 4 members (excludes halogenated alkanes) is 23. The minimum absolute atomic E-state index is 0.217. The van der Waals surface area contributed by atoms with E-state index in [1.54, 1.807) is 0 Å². The van der Waals surface area contributed by atoms with E-state index in [0.29, 0.717) is 25.0 Å². The Bertz CT molecular complexity index is 777. The molecule has 54 heavy (non-hydrogen) atoms. The summed E-state index contributed by atoms with van der Waals surface area (Å²) in [4.78, 5) is 24.5. The number of carbonyl (C=O) groups is 2. The Morgan fingerprint density at radius 1 is 0.426 bits per heavy atom. The summed E-state index contributed by atoms with van der Waals surface area (Å²) >= 11 is 0. The molecule has 318 valence electrons. The lowest BCUT2D eigenvalue weighted by Crippen LogP contribution is -2.24. The predicted octanol–water partition coefficient (Wildman–Crippen LogP) is 13.3. The lowest BCUT2D eigenvalue weighted by Gasteiger charge is -2.16. The van der Waals surface area contributed by atoms with Gasteiger partial charge in [-0.2, -0.15) is 0 Å². The lowest BCUT2D eigenvalue weighted by molar-refractivity contribution is -0.122. The van der Waals surface area contributed by atoms with E-state index in [1.165, 1.54) is 180 Å². The van der Waals surface area contributed by atoms with Gasteiger partial charge < -0.3 is 20.1 Å². The maximum Gasteiger partial charge on any atom is 0.219 e. The highest BCUT2D eigenvalue weighted by Crippen LogP contribution is 2.29. The standard InChI is InChI=1S/C48H92N2O4/c1-3-5-7-9-15-23-31-43(39-45-41-53-45)33-25-17-11-13-19-27-35-47(51)49-37-29-21-22-30-38-50-48(52)36-28-20-14-12-18-26-34-44(40-46-42-54-46)32-24-16-10-8-6-4-2/h43-46H,3-42H2,1-2H3,(H,49,51)(H,50,52). The van der Waals surface area contributed by atoms with Gasteiger partial charge in [0.05, 0.1) is 25.4 Å². The Kier molecular flexibility index (Phi) is 32.9. The first-order valence-corrected chi connectivity index (χ1v) is 24.4. The summed E-state index contributed by atoms with van der Waals surface area (Å²) in [5, 5.41) is 6.23. The Morgan fingerprint density at radius 3 is 1.02 bits per heavy atom. The quantitative estimate of drug-likeness (QED) is 0.0479. The number of hydrogen-bond acceptors (Lipinski definition) is 4. The molecule has 6 heteroatoms. The van der Waals surface area contributed by atoms with E-state index in [2.05, 4.69) is 24.5 Å². The van der Waals surface area contributed by atoms with Gasteiger partial charge in [0.1, 0.15) is 0 Å². The van der Waals surface area contributed by atoms with Gasteiger partial charge in [0.25, 0.3) is 0 Å². The smallest absolute Gasteiger partial charge is 0.219 e. The molecule has 0 aliphatic carbocycles. The van der Waals surface area contributed by atoms with Crippen molar-refractivity contribution in [1.29, 1.82) is 0 Å². The summed E-state index contributed by atoms with van der Waals surface area (Å²) in [6, 6.07) is 0. The van der Waals surface area contributed by atoms with Gasteiger partial charge in [0, 0.05) is 25.9 Å². The van der Waals surface area contributed by atoms with Gasteiger partial charge in [-0.3, -0.25) is 9.59 Å². The monoisotopic (exact) mass is 761 g/mol. The number of ether oxygens (including phenoxy) is 2. The summed E-state index contributed by atoms with van der Waals surface area (Å²) in [5.41, 5.74) is 0. The second kappa shape index (κ2) is 36.2. The molecule has 0 spiro atoms. The number of amides is 2. The molecule has 2 aliphatic heterocycles. The number of carbonyl (C=O) groups excluding carboxylic acids is 2. The van der Waals surface area contributed by atoms with Crippen molar-refractivity contribution in [3.8, 4) is 0 Å². The van der Waals surface area contributed by atoms with Crippen LogP contribution in [-0.4, -0.2) is 50.3 Å². The Morgan fingerprint density at radius 2 is 0.704 bits per heavy atom. The van der Waals surface area contributed by atoms with Crippen molar-refractivity contribution in [1.82, 2.24) is 10.6 Å². The molecule has 6 nitrogen and oxygen atoms in total. The SMILES string of the molecule is CCCCCCCCC(CCCCCCCCC(=O)NCCCCCCNC(=O)CCCCCCCCC(CCCCCCCC)CC1CO1)CC1CO1. The molecule has 0 saturated carbocycles. The maximum absolute atomic E-state index is 12.2. The highest BCUT2D eigenvalue weighted by atomic mass is 16.6. The zero-order valence-corrected chi connectivity index (χ0v) is 36.2. The van der Waals surface area contributed by atoms with Crippen LogP contribution in [0.2, 0.25) is 0 Å². The van der Waals surface area contributed by atoms with Crippen molar-refractivity contribution >= 4 is 11.8 Å². The molecule has 2 saturated heterocycles. The van der Waals surface area contributed by atoms with E-state index in [-0.39, 0.29) is 11.8 Å². The molecule has 2 rings (SSSR count). The zero-order chi connectivity index (χ0) is 38.6. The molecular weight excluding hydrogens is 669 g/mol. The van der Waals surface area contributed by atoms with Gasteiger partial charge in [-0.05, 0) is 50.4 Å². The molecule has 0 aromatic carbocycles. The molecule has 2 amide bonds. The fourth-order valence-corrected chi connectivity index (χ4v) is 8.43. The van der Waals surface area contributed by atoms with E-state index in [9.17, 15) is 9.59 Å². The third-order valence-electron chi connectivity index (χ3n) is 12.2. The van der Waals surface area contributed by atoms with Gasteiger partial charge >= 0.3 is 0 Å². The van der Waals surface area contributed by atoms with Crippen molar-refractivity contribution in [2.24, 2.45) is 11.8 Å². The zero-order valence-electron chi connectivity index (χ0n) is 36.2. The molecule has 2 fully saturated rings. The molecule has 0 aromatic rings. The molecule has 2 heterocycles. The van der Waals surface area contributed by atoms with Crippen LogP contribution < -0.4 is 10.6 Å². The fourth-order valence-electron chi connectivity index (χ4n) is 8.43. The van der Waals surface area contributed by atoms with Crippen molar-refractivity contribution in [2.75, 3.05) is 26.3 Å². The third kappa shape index (κ3) is 33.0. The summed E-state index contributed by atoms with van der Waals surface area (Å²) in [6.07, 6.45) is 46.5. The maximum atomic E-state index is 12.2. The van der Waals surface area contributed by atoms with E-state index in [0.717, 1.165) is 76.7 Å². The second-order valence-corrected chi connectivity index (χ2v) is 17.7. The van der Waals surface area contributed by atoms with Gasteiger partial charge in [-0.1, -0.05) is 194 Å². The summed E-state index contributed by atoms with van der Waals surface area (Å²) in [6.45, 7) is 8.15. The molecule has 2 N–H and O–H groups in total. The second-order valence-electron chi connectivity index (χ2n) is 17.7. The highest BCUT2D eigenvalue weighted by molar-refractivity contribution is 5.76. The van der Waals surface area contributed by atoms with Crippen LogP contribution in [0.5, 0.6) is 0 Å². The van der Waals surface area contributed by atoms with Crippen molar-refractivity contribution in [3.63, 3.8) is 0 Å². The normalized spacial score (nSPS) is 17.4. The minimum Gasteiger partial charge on any atom is -0.373 e. The van der Waals surface area contributed by atoms with Crippen LogP contribution in [0.4, 0.5) is 0 Å². The molecule has 2 aliphatic rings. The van der Waals surface area contributed by atoms with Gasteiger partial charge in [0.2, 0.25) is 11.8 Å². The predicted molar refractivity (Wildman–Crippen MR) is 230 cm³/mol. The van der Waals surface area contributed by atoms with Gasteiger partial charge in [0.15, 0.2) is 0 Å². The minimum atomic E-state index is 0.217. The Hall–Kier alpha value is -1.14. The fraction of sp³-hybridized carbons (Fsp3) is 0.958. The van der Waals surface area contributed by atoms with E-state index < -0.39 is 0 Å². The lowest BCUT2D eigenvalue weighted by atomic mass is 9.90. The topological polar surface area (TPSA) is 83.3 Å². The highest BCUT2D eigenvalue weighted by Gasteiger charge is 2.27. The average Bonchev–Trinajstić information content (AvgIpc) is 4.12. The third-order valence-corrected chi connectivity index (χ3v) is 12.2. The first-order valence-electron chi connectivity index (χ1n) is 24.4. The van der Waals surface area contributed by atoms with E-state index in [1.807, 2.05) is 0 Å². The Balaban J connectivity index is 1.28. The van der Waals surface area contributed by atoms with Crippen LogP contribution >= 0.6 is 0 Å². The average molecular weight is 761 g/mol. The number of epoxide rings is 2. The van der Waals surface area contributed by atoms with Crippen molar-refractivity contribution in [2.45, 2.75) is 257 Å². The molecule has 0 aromatic heterocycles. The van der Waals surface area contributed by atoms with Crippen LogP contribution in [-0.2, 0) is 19.1 Å². The van der Waals surface area contributed by atoms with Crippen LogP contribution in [0.25, 0.3) is 0 Å².